The van der Waals surface area contributed by atoms with Crippen molar-refractivity contribution in [2.45, 2.75) is 34.1 Å². The predicted molar refractivity (Wildman–Crippen MR) is 59.4 cm³/mol. The van der Waals surface area contributed by atoms with Gasteiger partial charge in [0, 0.05) is 0 Å². The van der Waals surface area contributed by atoms with Crippen LogP contribution in [0.5, 0.6) is 0 Å². The molecule has 0 saturated carbocycles. The van der Waals surface area contributed by atoms with Gasteiger partial charge in [-0.05, 0) is 6.29 Å². The summed E-state index contributed by atoms with van der Waals surface area (Å²) in [7, 11) is 0. The summed E-state index contributed by atoms with van der Waals surface area (Å²) < 4.78 is 0. The average molecular weight is 374 g/mol. The van der Waals surface area contributed by atoms with Gasteiger partial charge in [0.05, 0.1) is 0 Å². The van der Waals surface area contributed by atoms with Crippen molar-refractivity contribution in [3.8, 4) is 0 Å². The van der Waals surface area contributed by atoms with E-state index in [4.69, 9.17) is 0 Å². The van der Waals surface area contributed by atoms with Crippen LogP contribution in [0.4, 0.5) is 0 Å². The molecular weight excluding hydrogens is 356 g/mol. The molecular formula is C13H18OW. The van der Waals surface area contributed by atoms with Crippen LogP contribution in [0.3, 0.4) is 0 Å². The van der Waals surface area contributed by atoms with Crippen LogP contribution in [-0.2, 0) is 25.9 Å². The van der Waals surface area contributed by atoms with Crippen LogP contribution < -0.4 is 0 Å². The van der Waals surface area contributed by atoms with E-state index >= 15 is 0 Å². The Morgan fingerprint density at radius 3 is 2.53 bits per heavy atom. The number of hydrogen-bond acceptors (Lipinski definition) is 1. The van der Waals surface area contributed by atoms with Crippen molar-refractivity contribution < 1.29 is 25.9 Å². The first kappa shape index (κ1) is 14.8. The second-order valence-corrected chi connectivity index (χ2v) is 4.87. The summed E-state index contributed by atoms with van der Waals surface area (Å²) in [5.74, 6) is 1.62. The molecule has 1 aliphatic rings. The molecule has 1 rings (SSSR count). The van der Waals surface area contributed by atoms with Gasteiger partial charge < -0.3 is 10.7 Å². The van der Waals surface area contributed by atoms with Crippen LogP contribution in [0.2, 0.25) is 0 Å². The Hall–Kier alpha value is -0.162. The molecule has 0 heterocycles. The van der Waals surface area contributed by atoms with Gasteiger partial charge in [-0.15, -0.1) is 12.2 Å². The summed E-state index contributed by atoms with van der Waals surface area (Å²) in [4.78, 5) is 10.8. The maximum Gasteiger partial charge on any atom is 2.00 e. The van der Waals surface area contributed by atoms with Crippen molar-refractivity contribution in [2.24, 2.45) is 11.3 Å². The molecule has 0 fully saturated rings. The van der Waals surface area contributed by atoms with E-state index < -0.39 is 0 Å². The summed E-state index contributed by atoms with van der Waals surface area (Å²) in [5.41, 5.74) is 0.950. The minimum Gasteiger partial charge on any atom is -0.419 e. The topological polar surface area (TPSA) is 17.1 Å². The van der Waals surface area contributed by atoms with E-state index in [1.165, 1.54) is 5.92 Å². The van der Waals surface area contributed by atoms with Gasteiger partial charge in [0.25, 0.3) is 0 Å². The Morgan fingerprint density at radius 1 is 1.47 bits per heavy atom. The molecule has 0 N–H and O–H groups in total. The van der Waals surface area contributed by atoms with Crippen LogP contribution in [0.25, 0.3) is 0 Å². The molecule has 0 aromatic rings. The fourth-order valence-corrected chi connectivity index (χ4v) is 1.67. The molecule has 0 spiro atoms. The van der Waals surface area contributed by atoms with Crippen LogP contribution in [0.1, 0.15) is 34.1 Å². The van der Waals surface area contributed by atoms with Gasteiger partial charge in [-0.3, -0.25) is 0 Å². The molecule has 15 heavy (non-hydrogen) atoms. The molecule has 0 saturated heterocycles. The summed E-state index contributed by atoms with van der Waals surface area (Å²) in [6, 6.07) is 0. The smallest absolute Gasteiger partial charge is 0.419 e. The molecule has 2 heteroatoms. The van der Waals surface area contributed by atoms with E-state index in [-0.39, 0.29) is 32.4 Å². The Kier molecular flexibility index (Phi) is 5.73. The van der Waals surface area contributed by atoms with Gasteiger partial charge in [-0.25, -0.2) is 11.6 Å². The Labute approximate surface area is 107 Å². The molecule has 0 amide bonds. The van der Waals surface area contributed by atoms with E-state index in [2.05, 4.69) is 33.8 Å². The molecule has 0 aromatic carbocycles. The van der Waals surface area contributed by atoms with Crippen molar-refractivity contribution >= 4 is 6.29 Å². The zero-order chi connectivity index (χ0) is 10.8. The number of allylic oxidation sites excluding steroid dienone is 4. The summed E-state index contributed by atoms with van der Waals surface area (Å²) in [6.07, 6.45) is 8.90. The molecule has 0 aromatic heterocycles. The standard InChI is InChI=1S/C13H18O.W/c1-10(13(2,3)4)12-8-6-5-7-11(12)9-14;/h5-7,12H,8H2,1-4H3;/q-2;+2. The molecule has 1 atom stereocenters. The van der Waals surface area contributed by atoms with E-state index in [0.717, 1.165) is 12.0 Å². The third kappa shape index (κ3) is 3.72. The fourth-order valence-electron chi connectivity index (χ4n) is 1.67. The first-order valence-electron chi connectivity index (χ1n) is 5.05. The Morgan fingerprint density at radius 2 is 2.07 bits per heavy atom. The summed E-state index contributed by atoms with van der Waals surface area (Å²) >= 11 is 0. The quantitative estimate of drug-likeness (QED) is 0.679. The zero-order valence-electron chi connectivity index (χ0n) is 9.83. The first-order chi connectivity index (χ1) is 6.46. The van der Waals surface area contributed by atoms with Crippen molar-refractivity contribution in [1.82, 2.24) is 0 Å². The van der Waals surface area contributed by atoms with Crippen molar-refractivity contribution in [1.29, 1.82) is 0 Å². The van der Waals surface area contributed by atoms with Crippen molar-refractivity contribution in [2.75, 3.05) is 0 Å². The molecule has 1 nitrogen and oxygen atoms in total. The molecule has 0 radical (unpaired) electrons. The second-order valence-electron chi connectivity index (χ2n) is 4.87. The zero-order valence-corrected chi connectivity index (χ0v) is 12.8. The second kappa shape index (κ2) is 5.80. The Balaban J connectivity index is 0.00000196. The molecule has 1 aliphatic carbocycles. The molecule has 82 valence electrons. The third-order valence-corrected chi connectivity index (χ3v) is 2.98. The molecule has 1 unspecified atom stereocenters. The number of carbonyl (C=O) groups excluding carboxylic acids is 1. The number of hydrogen-bond donors (Lipinski definition) is 0. The normalized spacial score (nSPS) is 20.9. The van der Waals surface area contributed by atoms with Gasteiger partial charge in [0.15, 0.2) is 0 Å². The average Bonchev–Trinajstić information content (AvgIpc) is 2.15. The third-order valence-electron chi connectivity index (χ3n) is 2.98. The first-order valence-corrected chi connectivity index (χ1v) is 5.05. The summed E-state index contributed by atoms with van der Waals surface area (Å²) in [6.45, 7) is 8.68. The van der Waals surface area contributed by atoms with Crippen LogP contribution >= 0.6 is 0 Å². The van der Waals surface area contributed by atoms with Gasteiger partial charge >= 0.3 is 21.1 Å². The van der Waals surface area contributed by atoms with E-state index in [1.54, 1.807) is 0 Å². The maximum atomic E-state index is 10.8. The predicted octanol–water partition coefficient (Wildman–Crippen LogP) is 3.24. The van der Waals surface area contributed by atoms with Gasteiger partial charge in [-0.1, -0.05) is 27.2 Å². The fraction of sp³-hybridized carbons (Fsp3) is 0.538. The van der Waals surface area contributed by atoms with Gasteiger partial charge in [-0.2, -0.15) is 18.3 Å². The van der Waals surface area contributed by atoms with Gasteiger partial charge in [0.1, 0.15) is 0 Å². The van der Waals surface area contributed by atoms with Crippen molar-refractivity contribution in [3.05, 3.63) is 29.7 Å². The van der Waals surface area contributed by atoms with Gasteiger partial charge in [0.2, 0.25) is 0 Å². The minimum atomic E-state index is 0. The maximum absolute atomic E-state index is 10.8. The largest absolute Gasteiger partial charge is 2.00 e. The summed E-state index contributed by atoms with van der Waals surface area (Å²) in [5, 5.41) is 0. The van der Waals surface area contributed by atoms with E-state index in [1.807, 2.05) is 18.4 Å². The van der Waals surface area contributed by atoms with Crippen LogP contribution in [0.15, 0.2) is 23.8 Å². The van der Waals surface area contributed by atoms with Crippen LogP contribution in [-0.4, -0.2) is 6.29 Å². The van der Waals surface area contributed by atoms with E-state index in [9.17, 15) is 4.79 Å². The SMILES string of the molecule is C[C-](C1CC=CC=C1[C-]=O)C(C)(C)C.[W+2]. The minimum absolute atomic E-state index is 0. The molecule has 0 bridgehead atoms. The molecule has 0 aliphatic heterocycles. The Bertz CT molecular complexity index is 271. The van der Waals surface area contributed by atoms with E-state index in [0.29, 0.717) is 0 Å². The monoisotopic (exact) mass is 374 g/mol. The van der Waals surface area contributed by atoms with Crippen molar-refractivity contribution in [3.63, 3.8) is 0 Å². The van der Waals surface area contributed by atoms with Crippen LogP contribution in [0, 0.1) is 17.3 Å². The number of rotatable bonds is 2.